The van der Waals surface area contributed by atoms with Crippen LogP contribution < -0.4 is 5.32 Å². The van der Waals surface area contributed by atoms with Crippen molar-refractivity contribution in [3.8, 4) is 0 Å². The first-order valence-corrected chi connectivity index (χ1v) is 5.61. The molecule has 2 nitrogen and oxygen atoms in total. The second-order valence-corrected chi connectivity index (χ2v) is 4.50. The van der Waals surface area contributed by atoms with E-state index in [0.717, 1.165) is 5.92 Å². The molecular weight excluding hydrogens is 172 g/mol. The summed E-state index contributed by atoms with van der Waals surface area (Å²) in [7, 11) is 0. The first-order valence-electron chi connectivity index (χ1n) is 5.61. The molecule has 1 saturated heterocycles. The maximum absolute atomic E-state index is 3.41. The molecule has 0 unspecified atom stereocenters. The number of rotatable bonds is 2. The van der Waals surface area contributed by atoms with Crippen molar-refractivity contribution < 1.29 is 0 Å². The summed E-state index contributed by atoms with van der Waals surface area (Å²) >= 11 is 0. The Bertz CT molecular complexity index is 295. The number of hydrogen-bond donors (Lipinski definition) is 2. The fourth-order valence-electron chi connectivity index (χ4n) is 2.39. The van der Waals surface area contributed by atoms with Crippen molar-refractivity contribution >= 4 is 0 Å². The Morgan fingerprint density at radius 2 is 2.00 bits per heavy atom. The molecule has 1 aromatic heterocycles. The number of aromatic amines is 1. The van der Waals surface area contributed by atoms with Crippen LogP contribution in [0.25, 0.3) is 0 Å². The molecule has 0 aliphatic carbocycles. The fourth-order valence-corrected chi connectivity index (χ4v) is 2.39. The lowest BCUT2D eigenvalue weighted by Gasteiger charge is -2.22. The van der Waals surface area contributed by atoms with Crippen molar-refractivity contribution in [2.24, 2.45) is 5.92 Å². The van der Waals surface area contributed by atoms with Gasteiger partial charge < -0.3 is 10.3 Å². The van der Waals surface area contributed by atoms with Crippen LogP contribution in [0.1, 0.15) is 29.8 Å². The maximum Gasteiger partial charge on any atom is 0.0150 e. The third kappa shape index (κ3) is 2.18. The third-order valence-corrected chi connectivity index (χ3v) is 3.22. The van der Waals surface area contributed by atoms with E-state index in [2.05, 4.69) is 30.2 Å². The molecule has 0 saturated carbocycles. The lowest BCUT2D eigenvalue weighted by molar-refractivity contribution is 0.372. The van der Waals surface area contributed by atoms with Crippen LogP contribution >= 0.6 is 0 Å². The molecular formula is C12H20N2. The van der Waals surface area contributed by atoms with Crippen LogP contribution in [0.15, 0.2) is 6.07 Å². The molecule has 1 aliphatic heterocycles. The van der Waals surface area contributed by atoms with E-state index in [1.807, 2.05) is 0 Å². The minimum absolute atomic E-state index is 0.894. The minimum Gasteiger partial charge on any atom is -0.362 e. The predicted octanol–water partition coefficient (Wildman–Crippen LogP) is 2.17. The van der Waals surface area contributed by atoms with Crippen molar-refractivity contribution in [3.05, 3.63) is 23.0 Å². The number of aromatic nitrogens is 1. The summed E-state index contributed by atoms with van der Waals surface area (Å²) in [6.07, 6.45) is 3.94. The Kier molecular flexibility index (Phi) is 2.92. The van der Waals surface area contributed by atoms with E-state index in [1.165, 1.54) is 49.3 Å². The molecule has 14 heavy (non-hydrogen) atoms. The smallest absolute Gasteiger partial charge is 0.0150 e. The van der Waals surface area contributed by atoms with Crippen LogP contribution in [-0.2, 0) is 6.42 Å². The second-order valence-electron chi connectivity index (χ2n) is 4.50. The van der Waals surface area contributed by atoms with Gasteiger partial charge in [-0.15, -0.1) is 0 Å². The monoisotopic (exact) mass is 192 g/mol. The number of hydrogen-bond acceptors (Lipinski definition) is 1. The Morgan fingerprint density at radius 1 is 1.29 bits per heavy atom. The zero-order chi connectivity index (χ0) is 9.97. The summed E-state index contributed by atoms with van der Waals surface area (Å²) in [5.74, 6) is 0.894. The molecule has 1 aliphatic rings. The molecule has 2 rings (SSSR count). The normalized spacial score (nSPS) is 18.7. The Hall–Kier alpha value is -0.760. The van der Waals surface area contributed by atoms with Gasteiger partial charge in [0.1, 0.15) is 0 Å². The average Bonchev–Trinajstić information content (AvgIpc) is 2.47. The van der Waals surface area contributed by atoms with Gasteiger partial charge in [0.2, 0.25) is 0 Å². The van der Waals surface area contributed by atoms with Gasteiger partial charge in [-0.05, 0) is 63.7 Å². The van der Waals surface area contributed by atoms with Crippen LogP contribution in [0.3, 0.4) is 0 Å². The molecule has 2 heteroatoms. The maximum atomic E-state index is 3.41. The van der Waals surface area contributed by atoms with Crippen molar-refractivity contribution in [3.63, 3.8) is 0 Å². The molecule has 0 bridgehead atoms. The standard InChI is InChI=1S/C12H20N2/c1-9-7-12(10(2)14-9)8-11-3-5-13-6-4-11/h7,11,13-14H,3-6,8H2,1-2H3. The molecule has 0 amide bonds. The molecule has 0 radical (unpaired) electrons. The highest BCUT2D eigenvalue weighted by Crippen LogP contribution is 2.20. The van der Waals surface area contributed by atoms with Gasteiger partial charge in [0.15, 0.2) is 0 Å². The summed E-state index contributed by atoms with van der Waals surface area (Å²) in [6.45, 7) is 6.72. The van der Waals surface area contributed by atoms with E-state index in [0.29, 0.717) is 0 Å². The van der Waals surface area contributed by atoms with Gasteiger partial charge in [-0.3, -0.25) is 0 Å². The summed E-state index contributed by atoms with van der Waals surface area (Å²) < 4.78 is 0. The molecule has 2 heterocycles. The molecule has 0 aromatic carbocycles. The molecule has 2 N–H and O–H groups in total. The Morgan fingerprint density at radius 3 is 2.57 bits per heavy atom. The zero-order valence-corrected chi connectivity index (χ0v) is 9.19. The average molecular weight is 192 g/mol. The van der Waals surface area contributed by atoms with Crippen LogP contribution in [0.2, 0.25) is 0 Å². The molecule has 0 atom stereocenters. The van der Waals surface area contributed by atoms with Gasteiger partial charge in [0, 0.05) is 11.4 Å². The van der Waals surface area contributed by atoms with E-state index in [4.69, 9.17) is 0 Å². The molecule has 0 spiro atoms. The molecule has 1 fully saturated rings. The summed E-state index contributed by atoms with van der Waals surface area (Å²) in [5, 5.41) is 3.41. The number of H-pyrrole nitrogens is 1. The third-order valence-electron chi connectivity index (χ3n) is 3.22. The van der Waals surface area contributed by atoms with E-state index < -0.39 is 0 Å². The minimum atomic E-state index is 0.894. The highest BCUT2D eigenvalue weighted by Gasteiger charge is 2.15. The van der Waals surface area contributed by atoms with Crippen LogP contribution in [-0.4, -0.2) is 18.1 Å². The highest BCUT2D eigenvalue weighted by atomic mass is 14.9. The molecule has 78 valence electrons. The lowest BCUT2D eigenvalue weighted by Crippen LogP contribution is -2.28. The summed E-state index contributed by atoms with van der Waals surface area (Å²) in [5.41, 5.74) is 4.18. The van der Waals surface area contributed by atoms with Gasteiger partial charge in [-0.2, -0.15) is 0 Å². The first kappa shape index (κ1) is 9.78. The quantitative estimate of drug-likeness (QED) is 0.738. The van der Waals surface area contributed by atoms with E-state index in [-0.39, 0.29) is 0 Å². The van der Waals surface area contributed by atoms with Crippen molar-refractivity contribution in [2.75, 3.05) is 13.1 Å². The van der Waals surface area contributed by atoms with Gasteiger partial charge in [0.25, 0.3) is 0 Å². The zero-order valence-electron chi connectivity index (χ0n) is 9.19. The Labute approximate surface area is 86.1 Å². The second kappa shape index (κ2) is 4.18. The van der Waals surface area contributed by atoms with Crippen molar-refractivity contribution in [1.82, 2.24) is 10.3 Å². The predicted molar refractivity (Wildman–Crippen MR) is 59.6 cm³/mol. The first-order chi connectivity index (χ1) is 6.75. The summed E-state index contributed by atoms with van der Waals surface area (Å²) in [6, 6.07) is 2.30. The highest BCUT2D eigenvalue weighted by molar-refractivity contribution is 5.24. The van der Waals surface area contributed by atoms with Crippen LogP contribution in [0.4, 0.5) is 0 Å². The van der Waals surface area contributed by atoms with Gasteiger partial charge in [-0.25, -0.2) is 0 Å². The van der Waals surface area contributed by atoms with E-state index in [9.17, 15) is 0 Å². The summed E-state index contributed by atoms with van der Waals surface area (Å²) in [4.78, 5) is 3.38. The number of piperidine rings is 1. The topological polar surface area (TPSA) is 27.8 Å². The fraction of sp³-hybridized carbons (Fsp3) is 0.667. The van der Waals surface area contributed by atoms with Crippen molar-refractivity contribution in [1.29, 1.82) is 0 Å². The van der Waals surface area contributed by atoms with Crippen LogP contribution in [0, 0.1) is 19.8 Å². The largest absolute Gasteiger partial charge is 0.362 e. The van der Waals surface area contributed by atoms with Gasteiger partial charge in [-0.1, -0.05) is 0 Å². The number of aryl methyl sites for hydroxylation is 2. The van der Waals surface area contributed by atoms with Crippen LogP contribution in [0.5, 0.6) is 0 Å². The van der Waals surface area contributed by atoms with Crippen molar-refractivity contribution in [2.45, 2.75) is 33.1 Å². The lowest BCUT2D eigenvalue weighted by atomic mass is 9.91. The number of nitrogens with one attached hydrogen (secondary N) is 2. The van der Waals surface area contributed by atoms with E-state index in [1.54, 1.807) is 0 Å². The molecule has 1 aromatic rings. The van der Waals surface area contributed by atoms with Gasteiger partial charge >= 0.3 is 0 Å². The Balaban J connectivity index is 1.98. The van der Waals surface area contributed by atoms with E-state index >= 15 is 0 Å². The SMILES string of the molecule is Cc1cc(CC2CCNCC2)c(C)[nH]1. The van der Waals surface area contributed by atoms with Gasteiger partial charge in [0.05, 0.1) is 0 Å².